The third kappa shape index (κ3) is 2.90. The van der Waals surface area contributed by atoms with Crippen LogP contribution in [0.15, 0.2) is 30.3 Å². The van der Waals surface area contributed by atoms with Gasteiger partial charge in [0.15, 0.2) is 0 Å². The van der Waals surface area contributed by atoms with Gasteiger partial charge in [-0.05, 0) is 24.7 Å². The largest absolute Gasteiger partial charge is 0.310 e. The molecule has 4 nitrogen and oxygen atoms in total. The summed E-state index contributed by atoms with van der Waals surface area (Å²) in [6, 6.07) is 10.2. The minimum absolute atomic E-state index is 0.575. The summed E-state index contributed by atoms with van der Waals surface area (Å²) in [7, 11) is 0. The average Bonchev–Trinajstić information content (AvgIpc) is 3.08. The predicted molar refractivity (Wildman–Crippen MR) is 80.1 cm³/mol. The summed E-state index contributed by atoms with van der Waals surface area (Å²) in [5, 5.41) is 14.9. The minimum atomic E-state index is 0.575. The van der Waals surface area contributed by atoms with E-state index in [0.29, 0.717) is 5.41 Å². The molecule has 0 amide bonds. The molecule has 0 spiro atoms. The Labute approximate surface area is 120 Å². The van der Waals surface area contributed by atoms with Crippen molar-refractivity contribution in [3.05, 3.63) is 36.0 Å². The van der Waals surface area contributed by atoms with Gasteiger partial charge in [0, 0.05) is 18.7 Å². The smallest absolute Gasteiger partial charge is 0.117 e. The van der Waals surface area contributed by atoms with Crippen LogP contribution < -0.4 is 5.32 Å². The van der Waals surface area contributed by atoms with Gasteiger partial charge in [0.1, 0.15) is 11.4 Å². The van der Waals surface area contributed by atoms with Gasteiger partial charge >= 0.3 is 0 Å². The van der Waals surface area contributed by atoms with Crippen molar-refractivity contribution in [3.8, 4) is 11.3 Å². The SMILES string of the molecule is CCCC1(CNCc2n[nH]nc2-c2ccccc2)CC1. The van der Waals surface area contributed by atoms with Crippen LogP contribution in [0.25, 0.3) is 11.3 Å². The van der Waals surface area contributed by atoms with Crippen molar-refractivity contribution in [2.75, 3.05) is 6.54 Å². The van der Waals surface area contributed by atoms with E-state index in [9.17, 15) is 0 Å². The van der Waals surface area contributed by atoms with Crippen LogP contribution in [0.4, 0.5) is 0 Å². The van der Waals surface area contributed by atoms with Gasteiger partial charge in [-0.3, -0.25) is 0 Å². The number of nitrogens with zero attached hydrogens (tertiary/aromatic N) is 2. The fourth-order valence-electron chi connectivity index (χ4n) is 2.87. The van der Waals surface area contributed by atoms with Crippen LogP contribution in [0.5, 0.6) is 0 Å². The Kier molecular flexibility index (Phi) is 3.83. The zero-order valence-electron chi connectivity index (χ0n) is 12.0. The number of H-pyrrole nitrogens is 1. The molecule has 0 unspecified atom stereocenters. The van der Waals surface area contributed by atoms with Gasteiger partial charge in [-0.15, -0.1) is 0 Å². The molecule has 0 radical (unpaired) electrons. The van der Waals surface area contributed by atoms with Crippen molar-refractivity contribution in [3.63, 3.8) is 0 Å². The Hall–Kier alpha value is -1.68. The Morgan fingerprint density at radius 3 is 2.70 bits per heavy atom. The summed E-state index contributed by atoms with van der Waals surface area (Å²) in [6.07, 6.45) is 5.36. The number of nitrogens with one attached hydrogen (secondary N) is 2. The van der Waals surface area contributed by atoms with Crippen LogP contribution in [-0.2, 0) is 6.54 Å². The highest BCUT2D eigenvalue weighted by molar-refractivity contribution is 5.60. The first-order valence-corrected chi connectivity index (χ1v) is 7.49. The Balaban J connectivity index is 1.60. The van der Waals surface area contributed by atoms with Crippen molar-refractivity contribution >= 4 is 0 Å². The number of benzene rings is 1. The molecule has 1 heterocycles. The highest BCUT2D eigenvalue weighted by atomic mass is 15.3. The van der Waals surface area contributed by atoms with Crippen molar-refractivity contribution < 1.29 is 0 Å². The molecule has 1 fully saturated rings. The monoisotopic (exact) mass is 270 g/mol. The van der Waals surface area contributed by atoms with E-state index < -0.39 is 0 Å². The van der Waals surface area contributed by atoms with E-state index >= 15 is 0 Å². The highest BCUT2D eigenvalue weighted by Gasteiger charge is 2.40. The van der Waals surface area contributed by atoms with Gasteiger partial charge in [0.05, 0.1) is 0 Å². The van der Waals surface area contributed by atoms with Crippen LogP contribution in [0.1, 0.15) is 38.3 Å². The number of hydrogen-bond acceptors (Lipinski definition) is 3. The standard InChI is InChI=1S/C16H22N4/c1-2-8-16(9-10-16)12-17-11-14-15(19-20-18-14)13-6-4-3-5-7-13/h3-7,17H,2,8-12H2,1H3,(H,18,19,20). The van der Waals surface area contributed by atoms with Gasteiger partial charge in [-0.25, -0.2) is 0 Å². The first-order chi connectivity index (χ1) is 9.83. The quantitative estimate of drug-likeness (QED) is 0.812. The first kappa shape index (κ1) is 13.3. The maximum Gasteiger partial charge on any atom is 0.117 e. The van der Waals surface area contributed by atoms with E-state index in [4.69, 9.17) is 0 Å². The number of aromatic nitrogens is 3. The molecule has 0 aliphatic heterocycles. The van der Waals surface area contributed by atoms with E-state index in [1.54, 1.807) is 0 Å². The molecule has 20 heavy (non-hydrogen) atoms. The summed E-state index contributed by atoms with van der Waals surface area (Å²) < 4.78 is 0. The molecular weight excluding hydrogens is 248 g/mol. The van der Waals surface area contributed by atoms with E-state index in [2.05, 4.69) is 39.8 Å². The average molecular weight is 270 g/mol. The van der Waals surface area contributed by atoms with Crippen LogP contribution >= 0.6 is 0 Å². The molecule has 0 atom stereocenters. The summed E-state index contributed by atoms with van der Waals surface area (Å²) in [5.74, 6) is 0. The second-order valence-electron chi connectivity index (χ2n) is 5.84. The third-order valence-corrected chi connectivity index (χ3v) is 4.20. The normalized spacial score (nSPS) is 16.2. The summed E-state index contributed by atoms with van der Waals surface area (Å²) in [4.78, 5) is 0. The van der Waals surface area contributed by atoms with Crippen LogP contribution in [0.3, 0.4) is 0 Å². The van der Waals surface area contributed by atoms with Gasteiger partial charge in [0.2, 0.25) is 0 Å². The minimum Gasteiger partial charge on any atom is -0.310 e. The third-order valence-electron chi connectivity index (χ3n) is 4.20. The number of rotatable bonds is 7. The molecule has 0 saturated heterocycles. The predicted octanol–water partition coefficient (Wildman–Crippen LogP) is 3.14. The summed E-state index contributed by atoms with van der Waals surface area (Å²) >= 11 is 0. The fourth-order valence-corrected chi connectivity index (χ4v) is 2.87. The topological polar surface area (TPSA) is 53.6 Å². The maximum absolute atomic E-state index is 4.28. The van der Waals surface area contributed by atoms with Gasteiger partial charge in [-0.1, -0.05) is 43.7 Å². The maximum atomic E-state index is 4.28. The molecular formula is C16H22N4. The molecule has 2 N–H and O–H groups in total. The summed E-state index contributed by atoms with van der Waals surface area (Å²) in [6.45, 7) is 4.15. The lowest BCUT2D eigenvalue weighted by atomic mass is 10.0. The van der Waals surface area contributed by atoms with Gasteiger partial charge in [0.25, 0.3) is 0 Å². The molecule has 3 rings (SSSR count). The molecule has 1 aliphatic rings. The molecule has 1 aromatic carbocycles. The Morgan fingerprint density at radius 1 is 1.20 bits per heavy atom. The van der Waals surface area contributed by atoms with Gasteiger partial charge < -0.3 is 5.32 Å². The molecule has 106 valence electrons. The first-order valence-electron chi connectivity index (χ1n) is 7.49. The van der Waals surface area contributed by atoms with Crippen LogP contribution in [0, 0.1) is 5.41 Å². The second kappa shape index (κ2) is 5.75. The van der Waals surface area contributed by atoms with Crippen molar-refractivity contribution in [1.82, 2.24) is 20.7 Å². The lowest BCUT2D eigenvalue weighted by molar-refractivity contribution is 0.419. The molecule has 4 heteroatoms. The van der Waals surface area contributed by atoms with E-state index in [-0.39, 0.29) is 0 Å². The highest BCUT2D eigenvalue weighted by Crippen LogP contribution is 2.48. The number of aromatic amines is 1. The molecule has 0 bridgehead atoms. The Bertz CT molecular complexity index is 543. The van der Waals surface area contributed by atoms with Crippen molar-refractivity contribution in [2.24, 2.45) is 5.41 Å². The van der Waals surface area contributed by atoms with Crippen LogP contribution in [-0.4, -0.2) is 22.0 Å². The zero-order chi connectivity index (χ0) is 13.8. The zero-order valence-corrected chi connectivity index (χ0v) is 12.0. The molecule has 1 saturated carbocycles. The van der Waals surface area contributed by atoms with E-state index in [1.807, 2.05) is 18.2 Å². The molecule has 1 aromatic heterocycles. The Morgan fingerprint density at radius 2 is 2.00 bits per heavy atom. The molecule has 2 aromatic rings. The van der Waals surface area contributed by atoms with Gasteiger partial charge in [-0.2, -0.15) is 15.4 Å². The molecule has 1 aliphatic carbocycles. The van der Waals surface area contributed by atoms with Crippen molar-refractivity contribution in [2.45, 2.75) is 39.2 Å². The number of hydrogen-bond donors (Lipinski definition) is 2. The van der Waals surface area contributed by atoms with Crippen LogP contribution in [0.2, 0.25) is 0 Å². The van der Waals surface area contributed by atoms with Crippen molar-refractivity contribution in [1.29, 1.82) is 0 Å². The van der Waals surface area contributed by atoms with E-state index in [0.717, 1.165) is 30.0 Å². The summed E-state index contributed by atoms with van der Waals surface area (Å²) in [5.41, 5.74) is 3.65. The lowest BCUT2D eigenvalue weighted by Crippen LogP contribution is -2.24. The van der Waals surface area contributed by atoms with E-state index in [1.165, 1.54) is 25.7 Å². The fraction of sp³-hybridized carbons (Fsp3) is 0.500. The lowest BCUT2D eigenvalue weighted by Gasteiger charge is -2.14. The second-order valence-corrected chi connectivity index (χ2v) is 5.84.